The number of primary amides is 1. The van der Waals surface area contributed by atoms with E-state index in [0.29, 0.717) is 24.0 Å². The van der Waals surface area contributed by atoms with Crippen molar-refractivity contribution in [2.24, 2.45) is 12.8 Å². The average molecular weight is 446 g/mol. The third-order valence-electron chi connectivity index (χ3n) is 4.82. The maximum atomic E-state index is 12.3. The van der Waals surface area contributed by atoms with Gasteiger partial charge in [0.25, 0.3) is 0 Å². The number of ether oxygens (including phenoxy) is 1. The van der Waals surface area contributed by atoms with Gasteiger partial charge in [-0.3, -0.25) is 10.1 Å². The van der Waals surface area contributed by atoms with E-state index in [1.54, 1.807) is 6.07 Å². The molecule has 0 unspecified atom stereocenters. The maximum Gasteiger partial charge on any atom is 0.338 e. The second-order valence-corrected chi connectivity index (χ2v) is 8.02. The van der Waals surface area contributed by atoms with Crippen molar-refractivity contribution in [3.8, 4) is 5.88 Å². The Labute approximate surface area is 186 Å². The fourth-order valence-corrected chi connectivity index (χ4v) is 3.51. The van der Waals surface area contributed by atoms with Crippen molar-refractivity contribution in [1.29, 1.82) is 0 Å². The number of aryl methyl sites for hydroxylation is 2. The molecule has 0 atom stereocenters. The molecule has 0 saturated carbocycles. The Morgan fingerprint density at radius 1 is 1.32 bits per heavy atom. The van der Waals surface area contributed by atoms with Crippen molar-refractivity contribution < 1.29 is 9.53 Å². The fourth-order valence-electron chi connectivity index (χ4n) is 3.32. The lowest BCUT2D eigenvalue weighted by Crippen LogP contribution is -2.40. The van der Waals surface area contributed by atoms with E-state index >= 15 is 0 Å². The highest BCUT2D eigenvalue weighted by Gasteiger charge is 2.20. The molecule has 0 aliphatic rings. The highest BCUT2D eigenvalue weighted by Crippen LogP contribution is 2.30. The van der Waals surface area contributed by atoms with E-state index in [1.807, 2.05) is 24.7 Å². The monoisotopic (exact) mass is 445 g/mol. The number of carbonyl (C=O) groups is 1. The number of pyridine rings is 2. The molecule has 3 heterocycles. The first-order valence-electron chi connectivity index (χ1n) is 10.2. The van der Waals surface area contributed by atoms with Gasteiger partial charge in [-0.15, -0.1) is 0 Å². The number of urea groups is 1. The van der Waals surface area contributed by atoms with Crippen LogP contribution >= 0.6 is 11.6 Å². The first-order chi connectivity index (χ1) is 14.7. The topological polar surface area (TPSA) is 111 Å². The zero-order valence-electron chi connectivity index (χ0n) is 18.4. The van der Waals surface area contributed by atoms with Crippen molar-refractivity contribution in [3.05, 3.63) is 34.6 Å². The molecular weight excluding hydrogens is 418 g/mol. The number of amides is 2. The number of hydrogen-bond acceptors (Lipinski definition) is 6. The molecule has 0 bridgehead atoms. The summed E-state index contributed by atoms with van der Waals surface area (Å²) in [6.07, 6.45) is 1.87. The minimum Gasteiger partial charge on any atom is -0.478 e. The molecule has 0 aliphatic carbocycles. The van der Waals surface area contributed by atoms with E-state index in [0.717, 1.165) is 35.1 Å². The van der Waals surface area contributed by atoms with Gasteiger partial charge in [0.05, 0.1) is 23.5 Å². The van der Waals surface area contributed by atoms with Gasteiger partial charge in [0, 0.05) is 19.2 Å². The average Bonchev–Trinajstić information content (AvgIpc) is 2.98. The molecule has 9 nitrogen and oxygen atoms in total. The number of hydrogen-bond donors (Lipinski definition) is 2. The molecule has 0 radical (unpaired) electrons. The van der Waals surface area contributed by atoms with E-state index in [4.69, 9.17) is 22.1 Å². The summed E-state index contributed by atoms with van der Waals surface area (Å²) in [4.78, 5) is 21.1. The van der Waals surface area contributed by atoms with Crippen LogP contribution in [0.1, 0.15) is 50.8 Å². The van der Waals surface area contributed by atoms with Crippen LogP contribution in [0.3, 0.4) is 0 Å². The van der Waals surface area contributed by atoms with Gasteiger partial charge in [0.1, 0.15) is 16.5 Å². The van der Waals surface area contributed by atoms with Gasteiger partial charge in [-0.05, 0) is 30.9 Å². The summed E-state index contributed by atoms with van der Waals surface area (Å²) in [6, 6.07) is 4.31. The van der Waals surface area contributed by atoms with Crippen molar-refractivity contribution in [1.82, 2.24) is 19.7 Å². The number of halogens is 1. The van der Waals surface area contributed by atoms with E-state index in [1.165, 1.54) is 11.1 Å². The Balaban J connectivity index is 2.00. The summed E-state index contributed by atoms with van der Waals surface area (Å²) in [6.45, 7) is 8.66. The van der Waals surface area contributed by atoms with Crippen LogP contribution < -0.4 is 20.9 Å². The lowest BCUT2D eigenvalue weighted by molar-refractivity contribution is 0.255. The summed E-state index contributed by atoms with van der Waals surface area (Å²) in [5.74, 6) is 1.00. The van der Waals surface area contributed by atoms with Gasteiger partial charge in [0.15, 0.2) is 0 Å². The molecule has 166 valence electrons. The molecule has 0 fully saturated rings. The highest BCUT2D eigenvalue weighted by atomic mass is 35.5. The number of unbranched alkanes of at least 4 members (excludes halogenated alkanes) is 1. The Kier molecular flexibility index (Phi) is 6.84. The van der Waals surface area contributed by atoms with Crippen LogP contribution in [0.15, 0.2) is 18.2 Å². The van der Waals surface area contributed by atoms with E-state index in [-0.39, 0.29) is 11.1 Å². The predicted octanol–water partition coefficient (Wildman–Crippen LogP) is 4.54. The van der Waals surface area contributed by atoms with Crippen LogP contribution in [0.5, 0.6) is 5.88 Å². The standard InChI is InChI=1S/C21H28ClN7O2/c1-6-7-8-31-18-10-14(9-16(22)24-18)29(21(23)30)27-17-11-15(12(2)3)20-19(25-17)13(4)26-28(20)5/h9-12H,6-8H2,1-5H3,(H2,23,30)(H,25,27). The molecule has 0 spiro atoms. The van der Waals surface area contributed by atoms with Gasteiger partial charge in [0.2, 0.25) is 5.88 Å². The molecule has 3 N–H and O–H groups in total. The molecule has 3 rings (SSSR count). The van der Waals surface area contributed by atoms with E-state index in [2.05, 4.69) is 41.3 Å². The summed E-state index contributed by atoms with van der Waals surface area (Å²) in [5, 5.41) is 5.84. The predicted molar refractivity (Wildman–Crippen MR) is 123 cm³/mol. The van der Waals surface area contributed by atoms with Crippen LogP contribution in [-0.4, -0.2) is 32.4 Å². The summed E-state index contributed by atoms with van der Waals surface area (Å²) in [7, 11) is 1.89. The van der Waals surface area contributed by atoms with Gasteiger partial charge in [-0.1, -0.05) is 38.8 Å². The number of carbonyl (C=O) groups excluding carboxylic acids is 1. The molecule has 3 aromatic rings. The van der Waals surface area contributed by atoms with Crippen LogP contribution in [0.25, 0.3) is 11.0 Å². The normalized spacial score (nSPS) is 11.2. The highest BCUT2D eigenvalue weighted by molar-refractivity contribution is 6.29. The summed E-state index contributed by atoms with van der Waals surface area (Å²) < 4.78 is 7.47. The molecule has 2 amide bonds. The van der Waals surface area contributed by atoms with Crippen LogP contribution in [-0.2, 0) is 7.05 Å². The number of rotatable bonds is 8. The van der Waals surface area contributed by atoms with E-state index < -0.39 is 6.03 Å². The van der Waals surface area contributed by atoms with Gasteiger partial charge >= 0.3 is 6.03 Å². The maximum absolute atomic E-state index is 12.3. The largest absolute Gasteiger partial charge is 0.478 e. The van der Waals surface area contributed by atoms with Crippen molar-refractivity contribution in [2.75, 3.05) is 17.0 Å². The minimum absolute atomic E-state index is 0.187. The number of nitrogens with one attached hydrogen (secondary N) is 1. The summed E-state index contributed by atoms with van der Waals surface area (Å²) in [5.41, 5.74) is 12.6. The molecule has 31 heavy (non-hydrogen) atoms. The van der Waals surface area contributed by atoms with Crippen molar-refractivity contribution in [3.63, 3.8) is 0 Å². The lowest BCUT2D eigenvalue weighted by Gasteiger charge is -2.23. The van der Waals surface area contributed by atoms with E-state index in [9.17, 15) is 4.79 Å². The van der Waals surface area contributed by atoms with Crippen LogP contribution in [0, 0.1) is 6.92 Å². The number of aromatic nitrogens is 4. The smallest absolute Gasteiger partial charge is 0.338 e. The second-order valence-electron chi connectivity index (χ2n) is 7.63. The lowest BCUT2D eigenvalue weighted by atomic mass is 10.0. The molecule has 0 aliphatic heterocycles. The molecule has 3 aromatic heterocycles. The molecular formula is C21H28ClN7O2. The van der Waals surface area contributed by atoms with Gasteiger partial charge in [-0.2, -0.15) is 5.10 Å². The number of anilines is 2. The van der Waals surface area contributed by atoms with Crippen LogP contribution in [0.2, 0.25) is 5.15 Å². The van der Waals surface area contributed by atoms with Crippen molar-refractivity contribution >= 4 is 40.2 Å². The van der Waals surface area contributed by atoms with Crippen molar-refractivity contribution in [2.45, 2.75) is 46.5 Å². The third-order valence-corrected chi connectivity index (χ3v) is 5.01. The van der Waals surface area contributed by atoms with Gasteiger partial charge < -0.3 is 10.5 Å². The first kappa shape index (κ1) is 22.6. The Hall–Kier alpha value is -3.07. The zero-order chi connectivity index (χ0) is 22.7. The Bertz CT molecular complexity index is 1100. The molecule has 0 aromatic carbocycles. The zero-order valence-corrected chi connectivity index (χ0v) is 19.2. The first-order valence-corrected chi connectivity index (χ1v) is 10.6. The fraction of sp³-hybridized carbons (Fsp3) is 0.429. The minimum atomic E-state index is -0.724. The number of hydrazine groups is 1. The number of nitrogens with two attached hydrogens (primary N) is 1. The Morgan fingerprint density at radius 2 is 2.06 bits per heavy atom. The Morgan fingerprint density at radius 3 is 2.71 bits per heavy atom. The third kappa shape index (κ3) is 4.99. The van der Waals surface area contributed by atoms with Crippen LogP contribution in [0.4, 0.5) is 16.3 Å². The number of fused-ring (bicyclic) bond motifs is 1. The molecule has 10 heteroatoms. The second kappa shape index (κ2) is 9.38. The summed E-state index contributed by atoms with van der Waals surface area (Å²) >= 11 is 6.16. The SMILES string of the molecule is CCCCOc1cc(N(Nc2cc(C(C)C)c3c(n2)c(C)nn3C)C(N)=O)cc(Cl)n1. The van der Waals surface area contributed by atoms with Gasteiger partial charge in [-0.25, -0.2) is 19.8 Å². The molecule has 0 saturated heterocycles. The number of nitrogens with zero attached hydrogens (tertiary/aromatic N) is 5. The quantitative estimate of drug-likeness (QED) is 0.299.